The smallest absolute Gasteiger partial charge is 0.251 e. The summed E-state index contributed by atoms with van der Waals surface area (Å²) in [7, 11) is 0. The van der Waals surface area contributed by atoms with Crippen LogP contribution in [0.2, 0.25) is 0 Å². The van der Waals surface area contributed by atoms with Crippen molar-refractivity contribution >= 4 is 5.91 Å². The molecular formula is C16H19FN2O. The van der Waals surface area contributed by atoms with Crippen LogP contribution < -0.4 is 5.73 Å². The summed E-state index contributed by atoms with van der Waals surface area (Å²) >= 11 is 0. The molecular weight excluding hydrogens is 255 g/mol. The van der Waals surface area contributed by atoms with Crippen molar-refractivity contribution in [2.75, 3.05) is 0 Å². The van der Waals surface area contributed by atoms with Crippen molar-refractivity contribution in [1.82, 2.24) is 4.57 Å². The standard InChI is InChI=1S/C16H19FN2O/c1-4-8-19-10(2)14(15(11(19)3)16(18)20)12-6-5-7-13(17)9-12/h5-7,9H,4,8H2,1-3H3,(H2,18,20). The first kappa shape index (κ1) is 14.3. The Morgan fingerprint density at radius 3 is 2.55 bits per heavy atom. The van der Waals surface area contributed by atoms with Crippen molar-refractivity contribution in [2.24, 2.45) is 5.73 Å². The number of nitrogens with zero attached hydrogens (tertiary/aromatic N) is 1. The fraction of sp³-hybridized carbons (Fsp3) is 0.312. The van der Waals surface area contributed by atoms with Crippen LogP contribution in [-0.2, 0) is 6.54 Å². The Morgan fingerprint density at radius 2 is 2.00 bits per heavy atom. The van der Waals surface area contributed by atoms with Crippen molar-refractivity contribution in [2.45, 2.75) is 33.7 Å². The highest BCUT2D eigenvalue weighted by Gasteiger charge is 2.22. The van der Waals surface area contributed by atoms with Gasteiger partial charge in [0.1, 0.15) is 5.82 Å². The summed E-state index contributed by atoms with van der Waals surface area (Å²) in [6.45, 7) is 6.71. The molecule has 106 valence electrons. The van der Waals surface area contributed by atoms with Gasteiger partial charge in [0.05, 0.1) is 5.56 Å². The minimum absolute atomic E-state index is 0.321. The van der Waals surface area contributed by atoms with Gasteiger partial charge in [-0.1, -0.05) is 19.1 Å². The Morgan fingerprint density at radius 1 is 1.30 bits per heavy atom. The van der Waals surface area contributed by atoms with Gasteiger partial charge >= 0.3 is 0 Å². The molecule has 0 aliphatic heterocycles. The van der Waals surface area contributed by atoms with E-state index in [0.717, 1.165) is 29.9 Å². The molecule has 2 aromatic rings. The zero-order chi connectivity index (χ0) is 14.9. The quantitative estimate of drug-likeness (QED) is 0.912. The summed E-state index contributed by atoms with van der Waals surface area (Å²) in [6.07, 6.45) is 0.956. The number of nitrogens with two attached hydrogens (primary N) is 1. The first-order valence-electron chi connectivity index (χ1n) is 6.72. The molecule has 0 saturated heterocycles. The topological polar surface area (TPSA) is 48.0 Å². The number of benzene rings is 1. The highest BCUT2D eigenvalue weighted by atomic mass is 19.1. The molecule has 4 heteroatoms. The molecule has 1 amide bonds. The van der Waals surface area contributed by atoms with Crippen LogP contribution in [0, 0.1) is 19.7 Å². The molecule has 0 bridgehead atoms. The van der Waals surface area contributed by atoms with Gasteiger partial charge in [0.2, 0.25) is 0 Å². The van der Waals surface area contributed by atoms with Gasteiger partial charge in [0.15, 0.2) is 0 Å². The first-order chi connectivity index (χ1) is 9.47. The van der Waals surface area contributed by atoms with Crippen LogP contribution in [0.5, 0.6) is 0 Å². The van der Waals surface area contributed by atoms with E-state index >= 15 is 0 Å². The third-order valence-corrected chi connectivity index (χ3v) is 3.59. The van der Waals surface area contributed by atoms with E-state index in [9.17, 15) is 9.18 Å². The summed E-state index contributed by atoms with van der Waals surface area (Å²) in [5.41, 5.74) is 9.23. The lowest BCUT2D eigenvalue weighted by atomic mass is 10.00. The van der Waals surface area contributed by atoms with Crippen molar-refractivity contribution in [3.63, 3.8) is 0 Å². The zero-order valence-corrected chi connectivity index (χ0v) is 12.0. The first-order valence-corrected chi connectivity index (χ1v) is 6.72. The minimum Gasteiger partial charge on any atom is -0.366 e. The van der Waals surface area contributed by atoms with E-state index in [1.54, 1.807) is 12.1 Å². The van der Waals surface area contributed by atoms with Crippen molar-refractivity contribution < 1.29 is 9.18 Å². The van der Waals surface area contributed by atoms with Gasteiger partial charge < -0.3 is 10.3 Å². The van der Waals surface area contributed by atoms with Gasteiger partial charge in [-0.25, -0.2) is 4.39 Å². The molecule has 0 unspecified atom stereocenters. The van der Waals surface area contributed by atoms with Crippen molar-refractivity contribution in [3.8, 4) is 11.1 Å². The van der Waals surface area contributed by atoms with E-state index in [0.29, 0.717) is 11.1 Å². The number of halogens is 1. The van der Waals surface area contributed by atoms with E-state index in [-0.39, 0.29) is 5.82 Å². The molecule has 0 aliphatic carbocycles. The van der Waals surface area contributed by atoms with Crippen LogP contribution in [0.3, 0.4) is 0 Å². The predicted octanol–water partition coefficient (Wildman–Crippen LogP) is 3.42. The largest absolute Gasteiger partial charge is 0.366 e. The summed E-state index contributed by atoms with van der Waals surface area (Å²) in [6, 6.07) is 6.26. The lowest BCUT2D eigenvalue weighted by Gasteiger charge is -2.07. The van der Waals surface area contributed by atoms with Crippen LogP contribution in [-0.4, -0.2) is 10.5 Å². The van der Waals surface area contributed by atoms with Crippen LogP contribution in [0.1, 0.15) is 35.1 Å². The normalized spacial score (nSPS) is 10.8. The van der Waals surface area contributed by atoms with E-state index in [2.05, 4.69) is 11.5 Å². The second kappa shape index (κ2) is 5.49. The lowest BCUT2D eigenvalue weighted by Crippen LogP contribution is -2.13. The van der Waals surface area contributed by atoms with Crippen LogP contribution in [0.25, 0.3) is 11.1 Å². The van der Waals surface area contributed by atoms with E-state index in [4.69, 9.17) is 5.73 Å². The SMILES string of the molecule is CCCn1c(C)c(C(N)=O)c(-c2cccc(F)c2)c1C. The molecule has 1 aromatic heterocycles. The summed E-state index contributed by atoms with van der Waals surface area (Å²) in [5.74, 6) is -0.794. The molecule has 3 nitrogen and oxygen atoms in total. The second-order valence-corrected chi connectivity index (χ2v) is 4.95. The number of hydrogen-bond acceptors (Lipinski definition) is 1. The maximum Gasteiger partial charge on any atom is 0.251 e. The number of carbonyl (C=O) groups excluding carboxylic acids is 1. The Hall–Kier alpha value is -2.10. The number of aromatic nitrogens is 1. The van der Waals surface area contributed by atoms with Gasteiger partial charge in [0, 0.05) is 23.5 Å². The second-order valence-electron chi connectivity index (χ2n) is 4.95. The van der Waals surface area contributed by atoms with Crippen LogP contribution in [0.15, 0.2) is 24.3 Å². The number of primary amides is 1. The minimum atomic E-state index is -0.472. The maximum atomic E-state index is 13.4. The van der Waals surface area contributed by atoms with Crippen molar-refractivity contribution in [3.05, 3.63) is 47.0 Å². The highest BCUT2D eigenvalue weighted by Crippen LogP contribution is 2.32. The molecule has 0 atom stereocenters. The number of hydrogen-bond donors (Lipinski definition) is 1. The summed E-state index contributed by atoms with van der Waals surface area (Å²) in [4.78, 5) is 11.8. The molecule has 2 N–H and O–H groups in total. The van der Waals surface area contributed by atoms with E-state index in [1.165, 1.54) is 12.1 Å². The molecule has 1 aromatic carbocycles. The number of rotatable bonds is 4. The Balaban J connectivity index is 2.74. The molecule has 0 aliphatic rings. The maximum absolute atomic E-state index is 13.4. The Bertz CT molecular complexity index is 659. The molecule has 2 rings (SSSR count). The molecule has 0 spiro atoms. The summed E-state index contributed by atoms with van der Waals surface area (Å²) < 4.78 is 15.5. The fourth-order valence-corrected chi connectivity index (χ4v) is 2.74. The fourth-order valence-electron chi connectivity index (χ4n) is 2.74. The predicted molar refractivity (Wildman–Crippen MR) is 78.1 cm³/mol. The third-order valence-electron chi connectivity index (χ3n) is 3.59. The number of carbonyl (C=O) groups is 1. The van der Waals surface area contributed by atoms with Gasteiger partial charge in [-0.2, -0.15) is 0 Å². The molecule has 0 saturated carbocycles. The van der Waals surface area contributed by atoms with Gasteiger partial charge in [-0.15, -0.1) is 0 Å². The number of amides is 1. The molecule has 1 heterocycles. The Labute approximate surface area is 118 Å². The summed E-state index contributed by atoms with van der Waals surface area (Å²) in [5, 5.41) is 0. The van der Waals surface area contributed by atoms with Gasteiger partial charge in [-0.3, -0.25) is 4.79 Å². The molecule has 20 heavy (non-hydrogen) atoms. The van der Waals surface area contributed by atoms with Gasteiger partial charge in [0.25, 0.3) is 5.91 Å². The zero-order valence-electron chi connectivity index (χ0n) is 12.0. The van der Waals surface area contributed by atoms with E-state index < -0.39 is 5.91 Å². The van der Waals surface area contributed by atoms with Crippen LogP contribution >= 0.6 is 0 Å². The van der Waals surface area contributed by atoms with Crippen LogP contribution in [0.4, 0.5) is 4.39 Å². The monoisotopic (exact) mass is 274 g/mol. The molecule has 0 fully saturated rings. The van der Waals surface area contributed by atoms with Crippen molar-refractivity contribution in [1.29, 1.82) is 0 Å². The highest BCUT2D eigenvalue weighted by molar-refractivity contribution is 6.02. The Kier molecular flexibility index (Phi) is 3.93. The average Bonchev–Trinajstić information content (AvgIpc) is 2.63. The van der Waals surface area contributed by atoms with E-state index in [1.807, 2.05) is 13.8 Å². The lowest BCUT2D eigenvalue weighted by molar-refractivity contribution is 0.1000. The molecule has 0 radical (unpaired) electrons. The average molecular weight is 274 g/mol. The third kappa shape index (κ3) is 2.33. The van der Waals surface area contributed by atoms with Gasteiger partial charge in [-0.05, 0) is 38.0 Å².